The molecule has 0 saturated heterocycles. The number of methoxy groups -OCH3 is 2. The van der Waals surface area contributed by atoms with E-state index in [2.05, 4.69) is 9.72 Å². The van der Waals surface area contributed by atoms with Crippen LogP contribution >= 0.6 is 11.6 Å². The maximum Gasteiger partial charge on any atom is 0.330 e. The van der Waals surface area contributed by atoms with Gasteiger partial charge in [-0.3, -0.25) is 0 Å². The van der Waals surface area contributed by atoms with E-state index in [0.717, 1.165) is 11.1 Å². The Morgan fingerprint density at radius 3 is 2.79 bits per heavy atom. The Hall–Kier alpha value is -3.25. The summed E-state index contributed by atoms with van der Waals surface area (Å²) in [7, 11) is 2.86. The van der Waals surface area contributed by atoms with Gasteiger partial charge in [-0.05, 0) is 35.9 Å². The first-order valence-corrected chi connectivity index (χ1v) is 8.74. The van der Waals surface area contributed by atoms with Crippen LogP contribution in [-0.4, -0.2) is 25.2 Å². The van der Waals surface area contributed by atoms with Crippen LogP contribution in [0.2, 0.25) is 5.02 Å². The molecule has 7 heteroatoms. The quantitative estimate of drug-likeness (QED) is 0.421. The highest BCUT2D eigenvalue weighted by atomic mass is 35.5. The first kappa shape index (κ1) is 19.5. The van der Waals surface area contributed by atoms with Gasteiger partial charge in [-0.1, -0.05) is 29.8 Å². The Labute approximate surface area is 167 Å². The van der Waals surface area contributed by atoms with Crippen LogP contribution in [0, 0.1) is 0 Å². The van der Waals surface area contributed by atoms with Gasteiger partial charge < -0.3 is 18.6 Å². The third-order valence-electron chi connectivity index (χ3n) is 3.81. The maximum absolute atomic E-state index is 11.2. The van der Waals surface area contributed by atoms with Crippen molar-refractivity contribution in [1.82, 2.24) is 4.98 Å². The molecule has 3 rings (SSSR count). The Kier molecular flexibility index (Phi) is 6.34. The molecule has 0 aliphatic heterocycles. The second kappa shape index (κ2) is 9.10. The van der Waals surface area contributed by atoms with E-state index in [4.69, 9.17) is 25.5 Å². The van der Waals surface area contributed by atoms with Crippen molar-refractivity contribution in [2.75, 3.05) is 14.2 Å². The summed E-state index contributed by atoms with van der Waals surface area (Å²) in [6.07, 6.45) is 4.59. The molecule has 0 bridgehead atoms. The number of oxazole rings is 1. The molecule has 144 valence electrons. The molecule has 2 aromatic carbocycles. The number of carbonyl (C=O) groups is 1. The van der Waals surface area contributed by atoms with Gasteiger partial charge in [-0.25, -0.2) is 9.78 Å². The molecule has 0 unspecified atom stereocenters. The van der Waals surface area contributed by atoms with Gasteiger partial charge in [-0.15, -0.1) is 0 Å². The van der Waals surface area contributed by atoms with Crippen molar-refractivity contribution in [3.63, 3.8) is 0 Å². The molecule has 1 aromatic heterocycles. The van der Waals surface area contributed by atoms with E-state index in [1.54, 1.807) is 49.7 Å². The van der Waals surface area contributed by atoms with E-state index in [9.17, 15) is 4.79 Å². The number of halogens is 1. The topological polar surface area (TPSA) is 70.8 Å². The number of ether oxygens (including phenoxy) is 3. The van der Waals surface area contributed by atoms with Crippen LogP contribution in [0.4, 0.5) is 0 Å². The number of hydrogen-bond donors (Lipinski definition) is 0. The first-order chi connectivity index (χ1) is 13.6. The smallest absolute Gasteiger partial charge is 0.330 e. The molecule has 0 amide bonds. The number of aromatic nitrogens is 1. The lowest BCUT2D eigenvalue weighted by Crippen LogP contribution is -1.98. The molecule has 0 radical (unpaired) electrons. The van der Waals surface area contributed by atoms with Gasteiger partial charge in [0.1, 0.15) is 0 Å². The zero-order valence-electron chi connectivity index (χ0n) is 15.3. The van der Waals surface area contributed by atoms with Crippen molar-refractivity contribution in [3.05, 3.63) is 71.2 Å². The molecule has 0 aliphatic carbocycles. The van der Waals surface area contributed by atoms with Gasteiger partial charge in [0.05, 0.1) is 20.4 Å². The van der Waals surface area contributed by atoms with Crippen LogP contribution < -0.4 is 9.47 Å². The minimum atomic E-state index is -0.432. The molecule has 0 spiro atoms. The van der Waals surface area contributed by atoms with E-state index >= 15 is 0 Å². The van der Waals surface area contributed by atoms with Crippen molar-refractivity contribution in [2.24, 2.45) is 0 Å². The van der Waals surface area contributed by atoms with E-state index in [1.807, 2.05) is 12.1 Å². The summed E-state index contributed by atoms with van der Waals surface area (Å²) in [4.78, 5) is 15.4. The Bertz CT molecular complexity index is 996. The lowest BCUT2D eigenvalue weighted by molar-refractivity contribution is -0.134. The lowest BCUT2D eigenvalue weighted by atomic mass is 10.2. The normalized spacial score (nSPS) is 10.8. The van der Waals surface area contributed by atoms with Crippen LogP contribution in [0.1, 0.15) is 11.5 Å². The van der Waals surface area contributed by atoms with E-state index in [-0.39, 0.29) is 6.61 Å². The predicted octanol–water partition coefficient (Wildman–Crippen LogP) is 4.77. The molecule has 0 saturated carbocycles. The standard InChI is InChI=1S/C21H18ClNO5/c1-25-18-10-14(7-9-21(24)26-2)6-8-17(18)27-13-20-23-12-19(28-20)15-4-3-5-16(22)11-15/h3-12H,13H2,1-2H3. The molecular weight excluding hydrogens is 382 g/mol. The van der Waals surface area contributed by atoms with Gasteiger partial charge in [-0.2, -0.15) is 0 Å². The van der Waals surface area contributed by atoms with Gasteiger partial charge in [0.25, 0.3) is 0 Å². The molecule has 0 fully saturated rings. The van der Waals surface area contributed by atoms with Gasteiger partial charge in [0, 0.05) is 16.7 Å². The third kappa shape index (κ3) is 4.92. The molecule has 0 aliphatic rings. The number of esters is 1. The summed E-state index contributed by atoms with van der Waals surface area (Å²) >= 11 is 6.01. The Morgan fingerprint density at radius 2 is 2.04 bits per heavy atom. The lowest BCUT2D eigenvalue weighted by Gasteiger charge is -2.10. The zero-order chi connectivity index (χ0) is 19.9. The Balaban J connectivity index is 1.69. The Morgan fingerprint density at radius 1 is 1.18 bits per heavy atom. The second-order valence-electron chi connectivity index (χ2n) is 5.68. The van der Waals surface area contributed by atoms with Crippen molar-refractivity contribution in [2.45, 2.75) is 6.61 Å². The predicted molar refractivity (Wildman–Crippen MR) is 105 cm³/mol. The summed E-state index contributed by atoms with van der Waals surface area (Å²) in [6.45, 7) is 0.133. The van der Waals surface area contributed by atoms with E-state index in [0.29, 0.717) is 28.2 Å². The minimum absolute atomic E-state index is 0.133. The van der Waals surface area contributed by atoms with E-state index < -0.39 is 5.97 Å². The van der Waals surface area contributed by atoms with Crippen molar-refractivity contribution < 1.29 is 23.4 Å². The summed E-state index contributed by atoms with van der Waals surface area (Å²) in [6, 6.07) is 12.6. The molecule has 1 heterocycles. The highest BCUT2D eigenvalue weighted by Crippen LogP contribution is 2.30. The summed E-state index contributed by atoms with van der Waals surface area (Å²) in [5, 5.41) is 0.623. The SMILES string of the molecule is COC(=O)C=Cc1ccc(OCc2ncc(-c3cccc(Cl)c3)o2)c(OC)c1. The molecule has 6 nitrogen and oxygen atoms in total. The third-order valence-corrected chi connectivity index (χ3v) is 4.05. The average Bonchev–Trinajstić information content (AvgIpc) is 3.19. The number of rotatable bonds is 7. The summed E-state index contributed by atoms with van der Waals surface area (Å²) in [5.74, 6) is 1.65. The number of nitrogens with zero attached hydrogens (tertiary/aromatic N) is 1. The van der Waals surface area contributed by atoms with Crippen LogP contribution in [0.15, 0.2) is 59.2 Å². The van der Waals surface area contributed by atoms with Crippen molar-refractivity contribution in [1.29, 1.82) is 0 Å². The van der Waals surface area contributed by atoms with Gasteiger partial charge in [0.15, 0.2) is 23.9 Å². The van der Waals surface area contributed by atoms with Crippen molar-refractivity contribution in [3.8, 4) is 22.8 Å². The molecule has 0 atom stereocenters. The largest absolute Gasteiger partial charge is 0.493 e. The highest BCUT2D eigenvalue weighted by molar-refractivity contribution is 6.30. The first-order valence-electron chi connectivity index (χ1n) is 8.36. The number of hydrogen-bond acceptors (Lipinski definition) is 6. The number of carbonyl (C=O) groups excluding carboxylic acids is 1. The van der Waals surface area contributed by atoms with Crippen LogP contribution in [0.5, 0.6) is 11.5 Å². The van der Waals surface area contributed by atoms with Gasteiger partial charge >= 0.3 is 5.97 Å². The fourth-order valence-electron chi connectivity index (χ4n) is 2.43. The fourth-order valence-corrected chi connectivity index (χ4v) is 2.62. The van der Waals surface area contributed by atoms with E-state index in [1.165, 1.54) is 13.2 Å². The molecule has 0 N–H and O–H groups in total. The molecule has 3 aromatic rings. The second-order valence-corrected chi connectivity index (χ2v) is 6.12. The van der Waals surface area contributed by atoms with Gasteiger partial charge in [0.2, 0.25) is 5.89 Å². The average molecular weight is 400 g/mol. The maximum atomic E-state index is 11.2. The van der Waals surface area contributed by atoms with Crippen molar-refractivity contribution >= 4 is 23.6 Å². The number of benzene rings is 2. The van der Waals surface area contributed by atoms with Crippen LogP contribution in [-0.2, 0) is 16.1 Å². The minimum Gasteiger partial charge on any atom is -0.493 e. The summed E-state index contributed by atoms with van der Waals surface area (Å²) in [5.41, 5.74) is 1.61. The molecule has 28 heavy (non-hydrogen) atoms. The monoisotopic (exact) mass is 399 g/mol. The van der Waals surface area contributed by atoms with Crippen LogP contribution in [0.25, 0.3) is 17.4 Å². The van der Waals surface area contributed by atoms with Crippen LogP contribution in [0.3, 0.4) is 0 Å². The zero-order valence-corrected chi connectivity index (χ0v) is 16.1. The highest BCUT2D eigenvalue weighted by Gasteiger charge is 2.10. The fraction of sp³-hybridized carbons (Fsp3) is 0.143. The summed E-state index contributed by atoms with van der Waals surface area (Å²) < 4.78 is 21.4. The molecular formula is C21H18ClNO5.